The van der Waals surface area contributed by atoms with Crippen molar-refractivity contribution in [3.63, 3.8) is 0 Å². The van der Waals surface area contributed by atoms with Crippen molar-refractivity contribution in [2.45, 2.75) is 25.9 Å². The molecule has 0 atom stereocenters. The van der Waals surface area contributed by atoms with Crippen molar-refractivity contribution in [3.8, 4) is 11.4 Å². The highest BCUT2D eigenvalue weighted by atomic mass is 32.1. The molecule has 0 bridgehead atoms. The first-order valence-corrected chi connectivity index (χ1v) is 11.4. The van der Waals surface area contributed by atoms with E-state index in [1.165, 1.54) is 17.4 Å². The van der Waals surface area contributed by atoms with Crippen LogP contribution in [-0.2, 0) is 17.3 Å². The first kappa shape index (κ1) is 24.0. The van der Waals surface area contributed by atoms with Crippen LogP contribution in [0.1, 0.15) is 23.1 Å². The molecule has 2 heterocycles. The third kappa shape index (κ3) is 5.48. The standard InChI is InChI=1S/C23H23F3N4O3S/c1-14-12-15(4-6-17(14)20-28-22(31)33-29-20)8-10-30(9-3-11-32-2)21-27-18-7-5-16(23(24,25)26)13-19(18)34-21/h4-7,12-13H,3,8-11H2,1-2H3,(H,28,29,31). The number of aromatic amines is 1. The molecule has 0 aliphatic heterocycles. The summed E-state index contributed by atoms with van der Waals surface area (Å²) in [5, 5.41) is 4.41. The summed E-state index contributed by atoms with van der Waals surface area (Å²) >= 11 is 1.26. The maximum Gasteiger partial charge on any atom is 0.439 e. The van der Waals surface area contributed by atoms with Crippen LogP contribution in [0.5, 0.6) is 0 Å². The second-order valence-corrected chi connectivity index (χ2v) is 8.86. The van der Waals surface area contributed by atoms with E-state index in [-0.39, 0.29) is 0 Å². The minimum atomic E-state index is -4.39. The Balaban J connectivity index is 1.53. The molecule has 4 aromatic rings. The summed E-state index contributed by atoms with van der Waals surface area (Å²) in [6, 6.07) is 9.49. The normalized spacial score (nSPS) is 11.9. The van der Waals surface area contributed by atoms with Gasteiger partial charge >= 0.3 is 11.9 Å². The number of anilines is 1. The lowest BCUT2D eigenvalue weighted by Crippen LogP contribution is -2.27. The number of thiazole rings is 1. The molecule has 11 heteroatoms. The number of aryl methyl sites for hydroxylation is 1. The number of ether oxygens (including phenoxy) is 1. The summed E-state index contributed by atoms with van der Waals surface area (Å²) < 4.78 is 49.6. The summed E-state index contributed by atoms with van der Waals surface area (Å²) in [4.78, 5) is 20.4. The van der Waals surface area contributed by atoms with Gasteiger partial charge in [-0.1, -0.05) is 34.7 Å². The number of hydrogen-bond acceptors (Lipinski definition) is 7. The molecular weight excluding hydrogens is 469 g/mol. The van der Waals surface area contributed by atoms with E-state index < -0.39 is 17.5 Å². The van der Waals surface area contributed by atoms with Gasteiger partial charge in [-0.3, -0.25) is 9.51 Å². The maximum atomic E-state index is 13.1. The lowest BCUT2D eigenvalue weighted by Gasteiger charge is -2.22. The van der Waals surface area contributed by atoms with Gasteiger partial charge in [-0.2, -0.15) is 13.2 Å². The average molecular weight is 493 g/mol. The lowest BCUT2D eigenvalue weighted by atomic mass is 10.0. The molecule has 0 amide bonds. The third-order valence-electron chi connectivity index (χ3n) is 5.41. The Hall–Kier alpha value is -3.18. The van der Waals surface area contributed by atoms with E-state index in [0.29, 0.717) is 47.3 Å². The maximum absolute atomic E-state index is 13.1. The number of methoxy groups -OCH3 is 1. The lowest BCUT2D eigenvalue weighted by molar-refractivity contribution is -0.137. The van der Waals surface area contributed by atoms with Crippen molar-refractivity contribution in [1.82, 2.24) is 15.1 Å². The molecule has 2 aromatic carbocycles. The molecule has 1 N–H and O–H groups in total. The van der Waals surface area contributed by atoms with Crippen molar-refractivity contribution >= 4 is 26.7 Å². The minimum Gasteiger partial charge on any atom is -0.385 e. The quantitative estimate of drug-likeness (QED) is 0.329. The first-order chi connectivity index (χ1) is 16.2. The number of nitrogens with zero attached hydrogens (tertiary/aromatic N) is 3. The molecular formula is C23H23F3N4O3S. The topological polar surface area (TPSA) is 84.2 Å². The number of H-pyrrole nitrogens is 1. The van der Waals surface area contributed by atoms with Gasteiger partial charge in [0.1, 0.15) is 0 Å². The predicted molar refractivity (Wildman–Crippen MR) is 124 cm³/mol. The largest absolute Gasteiger partial charge is 0.439 e. The van der Waals surface area contributed by atoms with Crippen molar-refractivity contribution in [2.24, 2.45) is 0 Å². The predicted octanol–water partition coefficient (Wildman–Crippen LogP) is 5.05. The van der Waals surface area contributed by atoms with Crippen molar-refractivity contribution in [2.75, 3.05) is 31.7 Å². The van der Waals surface area contributed by atoms with E-state index in [1.54, 1.807) is 7.11 Å². The summed E-state index contributed by atoms with van der Waals surface area (Å²) in [5.41, 5.74) is 2.66. The van der Waals surface area contributed by atoms with Gasteiger partial charge in [0, 0.05) is 32.4 Å². The molecule has 4 rings (SSSR count). The van der Waals surface area contributed by atoms with Crippen molar-refractivity contribution in [1.29, 1.82) is 0 Å². The molecule has 0 saturated carbocycles. The van der Waals surface area contributed by atoms with Crippen molar-refractivity contribution < 1.29 is 22.4 Å². The van der Waals surface area contributed by atoms with Crippen LogP contribution >= 0.6 is 11.3 Å². The Bertz CT molecular complexity index is 1330. The molecule has 180 valence electrons. The highest BCUT2D eigenvalue weighted by molar-refractivity contribution is 7.22. The monoisotopic (exact) mass is 492 g/mol. The molecule has 7 nitrogen and oxygen atoms in total. The molecule has 0 unspecified atom stereocenters. The second-order valence-electron chi connectivity index (χ2n) is 7.85. The SMILES string of the molecule is COCCCN(CCc1ccc(-c2noc(=O)[nH]2)c(C)c1)c1nc2ccc(C(F)(F)F)cc2s1. The Labute approximate surface area is 197 Å². The van der Waals surface area contributed by atoms with Gasteiger partial charge in [-0.05, 0) is 49.1 Å². The van der Waals surface area contributed by atoms with Crippen LogP contribution in [-0.4, -0.2) is 41.9 Å². The fraction of sp³-hybridized carbons (Fsp3) is 0.348. The summed E-state index contributed by atoms with van der Waals surface area (Å²) in [7, 11) is 1.63. The number of hydrogen-bond donors (Lipinski definition) is 1. The molecule has 0 aliphatic rings. The third-order valence-corrected chi connectivity index (χ3v) is 6.49. The zero-order valence-electron chi connectivity index (χ0n) is 18.6. The minimum absolute atomic E-state index is 0.378. The van der Waals surface area contributed by atoms with Crippen LogP contribution in [0.3, 0.4) is 0 Å². The van der Waals surface area contributed by atoms with Gasteiger partial charge in [-0.25, -0.2) is 9.78 Å². The van der Waals surface area contributed by atoms with Crippen LogP contribution in [0.15, 0.2) is 45.7 Å². The van der Waals surface area contributed by atoms with E-state index >= 15 is 0 Å². The molecule has 0 radical (unpaired) electrons. The van der Waals surface area contributed by atoms with Gasteiger partial charge in [0.15, 0.2) is 11.0 Å². The zero-order valence-corrected chi connectivity index (χ0v) is 19.4. The molecule has 34 heavy (non-hydrogen) atoms. The highest BCUT2D eigenvalue weighted by Gasteiger charge is 2.31. The van der Waals surface area contributed by atoms with E-state index in [2.05, 4.69) is 24.5 Å². The number of aromatic nitrogens is 3. The molecule has 0 aliphatic carbocycles. The summed E-state index contributed by atoms with van der Waals surface area (Å²) in [6.45, 7) is 3.80. The first-order valence-electron chi connectivity index (χ1n) is 10.6. The summed E-state index contributed by atoms with van der Waals surface area (Å²) in [5.74, 6) is -0.230. The highest BCUT2D eigenvalue weighted by Crippen LogP contribution is 2.35. The van der Waals surface area contributed by atoms with Gasteiger partial charge in [0.2, 0.25) is 0 Å². The smallest absolute Gasteiger partial charge is 0.385 e. The summed E-state index contributed by atoms with van der Waals surface area (Å²) in [6.07, 6.45) is -2.93. The van der Waals surface area contributed by atoms with Crippen LogP contribution < -0.4 is 10.7 Å². The van der Waals surface area contributed by atoms with Gasteiger partial charge in [-0.15, -0.1) is 0 Å². The fourth-order valence-corrected chi connectivity index (χ4v) is 4.74. The van der Waals surface area contributed by atoms with Gasteiger partial charge in [0.25, 0.3) is 0 Å². The number of nitrogens with one attached hydrogen (secondary N) is 1. The Morgan fingerprint density at radius 3 is 2.68 bits per heavy atom. The van der Waals surface area contributed by atoms with Crippen LogP contribution in [0.2, 0.25) is 0 Å². The van der Waals surface area contributed by atoms with Gasteiger partial charge in [0.05, 0.1) is 15.8 Å². The second kappa shape index (κ2) is 9.98. The van der Waals surface area contributed by atoms with Crippen LogP contribution in [0.4, 0.5) is 18.3 Å². The van der Waals surface area contributed by atoms with Crippen LogP contribution in [0.25, 0.3) is 21.6 Å². The zero-order chi connectivity index (χ0) is 24.3. The molecule has 0 spiro atoms. The van der Waals surface area contributed by atoms with E-state index in [4.69, 9.17) is 4.74 Å². The average Bonchev–Trinajstić information content (AvgIpc) is 3.41. The Morgan fingerprint density at radius 2 is 2.00 bits per heavy atom. The Kier molecular flexibility index (Phi) is 7.03. The van der Waals surface area contributed by atoms with Crippen LogP contribution in [0, 0.1) is 6.92 Å². The van der Waals surface area contributed by atoms with E-state index in [9.17, 15) is 18.0 Å². The number of rotatable bonds is 9. The Morgan fingerprint density at radius 1 is 1.18 bits per heavy atom. The molecule has 0 fully saturated rings. The molecule has 0 saturated heterocycles. The van der Waals surface area contributed by atoms with E-state index in [0.717, 1.165) is 35.2 Å². The number of halogens is 3. The van der Waals surface area contributed by atoms with E-state index in [1.807, 2.05) is 25.1 Å². The molecule has 2 aromatic heterocycles. The number of fused-ring (bicyclic) bond motifs is 1. The number of benzene rings is 2. The fourth-order valence-electron chi connectivity index (χ4n) is 3.68. The number of alkyl halides is 3. The van der Waals surface area contributed by atoms with Crippen molar-refractivity contribution in [3.05, 3.63) is 63.6 Å². The van der Waals surface area contributed by atoms with Gasteiger partial charge < -0.3 is 9.64 Å².